The molecule has 3 heterocycles. The molecule has 0 unspecified atom stereocenters. The van der Waals surface area contributed by atoms with Gasteiger partial charge in [-0.2, -0.15) is 0 Å². The van der Waals surface area contributed by atoms with Crippen LogP contribution in [0.3, 0.4) is 0 Å². The van der Waals surface area contributed by atoms with E-state index in [1.165, 1.54) is 32.4 Å². The van der Waals surface area contributed by atoms with E-state index < -0.39 is 6.97 Å². The molecule has 0 atom stereocenters. The summed E-state index contributed by atoms with van der Waals surface area (Å²) in [6.45, 7) is -4.06. The van der Waals surface area contributed by atoms with E-state index in [4.69, 9.17) is 0 Å². The zero-order chi connectivity index (χ0) is 23.6. The van der Waals surface area contributed by atoms with Crippen molar-refractivity contribution < 1.29 is 13.1 Å². The fourth-order valence-corrected chi connectivity index (χ4v) is 7.21. The molecule has 2 aliphatic heterocycles. The van der Waals surface area contributed by atoms with Crippen LogP contribution in [0.2, 0.25) is 0 Å². The van der Waals surface area contributed by atoms with Crippen LogP contribution in [0.1, 0.15) is 5.01 Å². The van der Waals surface area contributed by atoms with Crippen molar-refractivity contribution in [2.45, 2.75) is 4.90 Å². The fraction of sp³-hybridized carbons (Fsp3) is 0. The Morgan fingerprint density at radius 1 is 0.743 bits per heavy atom. The molecule has 0 bridgehead atoms. The normalized spacial score (nSPS) is 15.4. The first kappa shape index (κ1) is 20.7. The summed E-state index contributed by atoms with van der Waals surface area (Å²) < 4.78 is 34.6. The maximum atomic E-state index is 16.3. The highest BCUT2D eigenvalue weighted by Gasteiger charge is 2.56. The van der Waals surface area contributed by atoms with Crippen molar-refractivity contribution in [3.05, 3.63) is 113 Å². The summed E-state index contributed by atoms with van der Waals surface area (Å²) in [7, 11) is 0. The smallest absolute Gasteiger partial charge is 0.389 e. The Balaban J connectivity index is 1.39. The molecule has 35 heavy (non-hydrogen) atoms. The number of rotatable bonds is 3. The molecule has 2 aliphatic rings. The molecule has 0 N–H and O–H groups in total. The summed E-state index contributed by atoms with van der Waals surface area (Å²) in [6, 6.07) is 33.2. The van der Waals surface area contributed by atoms with Gasteiger partial charge in [0, 0.05) is 39.8 Å². The third-order valence-corrected chi connectivity index (χ3v) is 8.56. The number of aromatic nitrogens is 1. The molecular formula is C27H18BF2N3S2. The van der Waals surface area contributed by atoms with Crippen LogP contribution >= 0.6 is 23.1 Å². The molecule has 170 valence electrons. The van der Waals surface area contributed by atoms with Crippen molar-refractivity contribution in [2.24, 2.45) is 0 Å². The Labute approximate surface area is 209 Å². The van der Waals surface area contributed by atoms with Crippen molar-refractivity contribution in [1.82, 2.24) is 0 Å². The van der Waals surface area contributed by atoms with Crippen LogP contribution in [0, 0.1) is 0 Å². The molecule has 0 radical (unpaired) electrons. The quantitative estimate of drug-likeness (QED) is 0.236. The van der Waals surface area contributed by atoms with E-state index in [9.17, 15) is 0 Å². The molecule has 0 saturated heterocycles. The zero-order valence-corrected chi connectivity index (χ0v) is 20.0. The molecule has 0 saturated carbocycles. The van der Waals surface area contributed by atoms with Gasteiger partial charge in [0.1, 0.15) is 0 Å². The molecular weight excluding hydrogens is 479 g/mol. The van der Waals surface area contributed by atoms with Gasteiger partial charge < -0.3 is 22.8 Å². The summed E-state index contributed by atoms with van der Waals surface area (Å²) in [4.78, 5) is 4.17. The number of anilines is 4. The van der Waals surface area contributed by atoms with Crippen LogP contribution < -0.4 is 14.2 Å². The van der Waals surface area contributed by atoms with Gasteiger partial charge in [0.2, 0.25) is 5.01 Å². The highest BCUT2D eigenvalue weighted by Crippen LogP contribution is 2.53. The van der Waals surface area contributed by atoms with Gasteiger partial charge in [0.25, 0.3) is 0 Å². The summed E-state index contributed by atoms with van der Waals surface area (Å²) >= 11 is 2.81. The molecule has 0 aliphatic carbocycles. The van der Waals surface area contributed by atoms with Gasteiger partial charge in [-0.1, -0.05) is 71.6 Å². The Morgan fingerprint density at radius 2 is 1.40 bits per heavy atom. The van der Waals surface area contributed by atoms with Crippen molar-refractivity contribution in [3.63, 3.8) is 0 Å². The standard InChI is InChI=1S/C27H18BF2N3S2/c29-28(30)32-22-13-7-8-14-24(22)34-26(32)18-27-33(28)23-17-21(15-16-25(23)35-27)31(19-9-3-1-4-10-19)20-11-5-2-6-12-20/h1-18H. The van der Waals surface area contributed by atoms with Crippen molar-refractivity contribution >= 4 is 69.1 Å². The third kappa shape index (κ3) is 3.13. The van der Waals surface area contributed by atoms with Gasteiger partial charge in [-0.15, -0.1) is 0 Å². The van der Waals surface area contributed by atoms with Gasteiger partial charge in [-0.3, -0.25) is 0 Å². The Bertz CT molecular complexity index is 1580. The molecule has 1 aromatic heterocycles. The number of thiazole rings is 1. The molecule has 5 aromatic rings. The second-order valence-electron chi connectivity index (χ2n) is 8.48. The Hall–Kier alpha value is -3.62. The lowest BCUT2D eigenvalue weighted by atomic mass is 9.90. The average molecular weight is 497 g/mol. The maximum absolute atomic E-state index is 16.3. The van der Waals surface area contributed by atoms with Crippen LogP contribution in [0.25, 0.3) is 16.3 Å². The molecule has 0 spiro atoms. The molecule has 7 rings (SSSR count). The molecule has 0 amide bonds. The maximum Gasteiger partial charge on any atom is 0.739 e. The topological polar surface area (TPSA) is 10.4 Å². The number of para-hydroxylation sites is 3. The number of hydrogen-bond acceptors (Lipinski definition) is 4. The van der Waals surface area contributed by atoms with Crippen molar-refractivity contribution in [3.8, 4) is 0 Å². The van der Waals surface area contributed by atoms with Gasteiger partial charge in [0.05, 0.1) is 9.73 Å². The second-order valence-corrected chi connectivity index (χ2v) is 10.6. The number of fused-ring (bicyclic) bond motifs is 6. The van der Waals surface area contributed by atoms with E-state index in [-0.39, 0.29) is 0 Å². The van der Waals surface area contributed by atoms with Crippen LogP contribution in [0.5, 0.6) is 0 Å². The monoisotopic (exact) mass is 497 g/mol. The minimum Gasteiger partial charge on any atom is -0.389 e. The van der Waals surface area contributed by atoms with E-state index in [0.29, 0.717) is 21.2 Å². The summed E-state index contributed by atoms with van der Waals surface area (Å²) in [6.07, 6.45) is 1.89. The zero-order valence-electron chi connectivity index (χ0n) is 18.4. The van der Waals surface area contributed by atoms with E-state index in [1.807, 2.05) is 103 Å². The van der Waals surface area contributed by atoms with Crippen LogP contribution in [0.15, 0.2) is 113 Å². The first-order chi connectivity index (χ1) is 17.1. The van der Waals surface area contributed by atoms with E-state index in [2.05, 4.69) is 4.90 Å². The third-order valence-electron chi connectivity index (χ3n) is 6.39. The summed E-state index contributed by atoms with van der Waals surface area (Å²) in [5.41, 5.74) is 3.88. The largest absolute Gasteiger partial charge is 0.739 e. The van der Waals surface area contributed by atoms with Gasteiger partial charge in [0.15, 0.2) is 5.52 Å². The SMILES string of the molecule is F[B-]1(F)N2C(=Cc3sc4ccccc4[n+]31)Sc1ccc(N(c3ccccc3)c3ccccc3)cc12. The number of nitrogens with zero attached hydrogens (tertiary/aromatic N) is 3. The lowest BCUT2D eigenvalue weighted by molar-refractivity contribution is -0.535. The van der Waals surface area contributed by atoms with E-state index in [0.717, 1.165) is 26.7 Å². The van der Waals surface area contributed by atoms with Crippen LogP contribution in [-0.4, -0.2) is 6.97 Å². The summed E-state index contributed by atoms with van der Waals surface area (Å²) in [5.74, 6) is 0. The Kier molecular flexibility index (Phi) is 4.56. The van der Waals surface area contributed by atoms with E-state index in [1.54, 1.807) is 6.07 Å². The van der Waals surface area contributed by atoms with Gasteiger partial charge >= 0.3 is 6.97 Å². The number of benzene rings is 4. The molecule has 4 aromatic carbocycles. The minimum absolute atomic E-state index is 0.536. The van der Waals surface area contributed by atoms with Crippen LogP contribution in [0.4, 0.5) is 31.4 Å². The first-order valence-corrected chi connectivity index (χ1v) is 12.9. The predicted molar refractivity (Wildman–Crippen MR) is 143 cm³/mol. The fourth-order valence-electron chi connectivity index (χ4n) is 4.88. The van der Waals surface area contributed by atoms with E-state index >= 15 is 8.63 Å². The highest BCUT2D eigenvalue weighted by atomic mass is 32.2. The second kappa shape index (κ2) is 7.70. The molecule has 8 heteroatoms. The van der Waals surface area contributed by atoms with Gasteiger partial charge in [-0.05, 0) is 48.5 Å². The predicted octanol–water partition coefficient (Wildman–Crippen LogP) is 7.81. The molecule has 0 fully saturated rings. The highest BCUT2D eigenvalue weighted by molar-refractivity contribution is 8.04. The number of hydrogen-bond donors (Lipinski definition) is 0. The number of thioether (sulfide) groups is 1. The van der Waals surface area contributed by atoms with Crippen LogP contribution in [-0.2, 0) is 0 Å². The van der Waals surface area contributed by atoms with Crippen molar-refractivity contribution in [1.29, 1.82) is 0 Å². The lowest BCUT2D eigenvalue weighted by Crippen LogP contribution is -2.70. The first-order valence-electron chi connectivity index (χ1n) is 11.3. The average Bonchev–Trinajstić information content (AvgIpc) is 3.44. The van der Waals surface area contributed by atoms with Crippen molar-refractivity contribution in [2.75, 3.05) is 9.71 Å². The Morgan fingerprint density at radius 3 is 2.11 bits per heavy atom. The number of halogens is 2. The minimum atomic E-state index is -4.06. The summed E-state index contributed by atoms with van der Waals surface area (Å²) in [5, 5.41) is 1.15. The van der Waals surface area contributed by atoms with Gasteiger partial charge in [-0.25, -0.2) is 0 Å². The lowest BCUT2D eigenvalue weighted by Gasteiger charge is -2.35. The molecule has 3 nitrogen and oxygen atoms in total.